The Morgan fingerprint density at radius 2 is 1.08 bits per heavy atom. The van der Waals surface area contributed by atoms with Crippen LogP contribution < -0.4 is 9.47 Å². The van der Waals surface area contributed by atoms with E-state index >= 15 is 0 Å². The first kappa shape index (κ1) is 29.7. The maximum absolute atomic E-state index is 12.3. The van der Waals surface area contributed by atoms with Gasteiger partial charge < -0.3 is 18.9 Å². The van der Waals surface area contributed by atoms with Gasteiger partial charge in [0.15, 0.2) is 0 Å². The normalized spacial score (nSPS) is 10.7. The van der Waals surface area contributed by atoms with Crippen LogP contribution in [0.3, 0.4) is 0 Å². The number of carbonyl (C=O) groups excluding carboxylic acids is 3. The van der Waals surface area contributed by atoms with Gasteiger partial charge >= 0.3 is 29.5 Å². The minimum atomic E-state index is -1.42. The number of ether oxygens (including phenoxy) is 4. The molecule has 38 heavy (non-hydrogen) atoms. The van der Waals surface area contributed by atoms with Crippen molar-refractivity contribution in [3.63, 3.8) is 0 Å². The molecular weight excluding hydrogens is 504 g/mol. The summed E-state index contributed by atoms with van der Waals surface area (Å²) in [6.45, 7) is 6.72. The summed E-state index contributed by atoms with van der Waals surface area (Å²) in [6.07, 6.45) is -1.04. The SMILES string of the molecule is CC(C)C(=O)OCCc1ccc(OC(=O)Oc2ccc(CCOC(=O)C(C)C)cc2[N+](=O)[O-])c([N+](=O)[O-])c1. The molecule has 2 aromatic rings. The predicted octanol–water partition coefficient (Wildman–Crippen LogP) is 4.56. The molecule has 0 unspecified atom stereocenters. The largest absolute Gasteiger partial charge is 0.519 e. The Hall–Kier alpha value is -4.55. The fraction of sp³-hybridized carbons (Fsp3) is 0.400. The van der Waals surface area contributed by atoms with Gasteiger partial charge in [0, 0.05) is 25.0 Å². The van der Waals surface area contributed by atoms with E-state index in [4.69, 9.17) is 18.9 Å². The lowest BCUT2D eigenvalue weighted by atomic mass is 10.1. The van der Waals surface area contributed by atoms with Crippen LogP contribution in [0.2, 0.25) is 0 Å². The number of hydrogen-bond acceptors (Lipinski definition) is 11. The van der Waals surface area contributed by atoms with Crippen molar-refractivity contribution >= 4 is 29.5 Å². The number of esters is 2. The lowest BCUT2D eigenvalue weighted by molar-refractivity contribution is -0.386. The van der Waals surface area contributed by atoms with Gasteiger partial charge in [0.1, 0.15) is 0 Å². The number of nitrogens with zero attached hydrogens (tertiary/aromatic N) is 2. The standard InChI is InChI=1S/C25H28N2O11/c1-15(2)23(28)35-11-9-17-5-7-21(19(13-17)26(31)32)37-25(30)38-22-8-6-18(14-20(22)27(33)34)10-12-36-24(29)16(3)4/h5-8,13-16H,9-12H2,1-4H3. The van der Waals surface area contributed by atoms with Crippen molar-refractivity contribution in [1.29, 1.82) is 0 Å². The molecule has 0 fully saturated rings. The summed E-state index contributed by atoms with van der Waals surface area (Å²) in [5, 5.41) is 23.0. The van der Waals surface area contributed by atoms with Gasteiger partial charge in [-0.25, -0.2) is 4.79 Å². The van der Waals surface area contributed by atoms with E-state index in [1.807, 2.05) is 0 Å². The van der Waals surface area contributed by atoms with Gasteiger partial charge in [-0.2, -0.15) is 0 Å². The van der Waals surface area contributed by atoms with Gasteiger partial charge in [-0.15, -0.1) is 0 Å². The zero-order chi connectivity index (χ0) is 28.4. The second kappa shape index (κ2) is 13.7. The van der Waals surface area contributed by atoms with E-state index in [9.17, 15) is 34.6 Å². The van der Waals surface area contributed by atoms with Gasteiger partial charge in [-0.05, 0) is 23.3 Å². The van der Waals surface area contributed by atoms with E-state index in [1.165, 1.54) is 24.3 Å². The van der Waals surface area contributed by atoms with E-state index in [-0.39, 0.29) is 37.9 Å². The van der Waals surface area contributed by atoms with Crippen LogP contribution in [0.4, 0.5) is 16.2 Å². The van der Waals surface area contributed by atoms with E-state index in [1.54, 1.807) is 27.7 Å². The molecule has 0 saturated carbocycles. The van der Waals surface area contributed by atoms with Gasteiger partial charge in [0.25, 0.3) is 0 Å². The van der Waals surface area contributed by atoms with Crippen molar-refractivity contribution in [1.82, 2.24) is 0 Å². The maximum Gasteiger partial charge on any atom is 0.519 e. The third kappa shape index (κ3) is 8.84. The van der Waals surface area contributed by atoms with Crippen molar-refractivity contribution in [3.8, 4) is 11.5 Å². The molecule has 0 radical (unpaired) electrons. The molecule has 0 aliphatic rings. The molecule has 2 aromatic carbocycles. The van der Waals surface area contributed by atoms with Crippen molar-refractivity contribution in [2.24, 2.45) is 11.8 Å². The third-order valence-corrected chi connectivity index (χ3v) is 5.04. The maximum atomic E-state index is 12.3. The molecule has 0 atom stereocenters. The Bertz CT molecular complexity index is 1120. The van der Waals surface area contributed by atoms with Gasteiger partial charge in [0.2, 0.25) is 11.5 Å². The second-order valence-electron chi connectivity index (χ2n) is 8.72. The van der Waals surface area contributed by atoms with E-state index in [0.717, 1.165) is 12.1 Å². The second-order valence-corrected chi connectivity index (χ2v) is 8.72. The van der Waals surface area contributed by atoms with Crippen LogP contribution in [0.15, 0.2) is 36.4 Å². The van der Waals surface area contributed by atoms with Gasteiger partial charge in [-0.3, -0.25) is 29.8 Å². The average Bonchev–Trinajstić information content (AvgIpc) is 2.84. The van der Waals surface area contributed by atoms with E-state index in [0.29, 0.717) is 11.1 Å². The van der Waals surface area contributed by atoms with Crippen LogP contribution in [-0.4, -0.2) is 41.2 Å². The van der Waals surface area contributed by atoms with Crippen LogP contribution in [-0.2, 0) is 31.9 Å². The Kier molecular flexibility index (Phi) is 10.7. The van der Waals surface area contributed by atoms with Crippen molar-refractivity contribution in [2.75, 3.05) is 13.2 Å². The fourth-order valence-electron chi connectivity index (χ4n) is 2.97. The molecule has 0 aliphatic heterocycles. The minimum absolute atomic E-state index is 0.0102. The molecule has 0 aliphatic carbocycles. The van der Waals surface area contributed by atoms with Crippen LogP contribution in [0.25, 0.3) is 0 Å². The van der Waals surface area contributed by atoms with E-state index in [2.05, 4.69) is 0 Å². The molecule has 0 N–H and O–H groups in total. The van der Waals surface area contributed by atoms with Gasteiger partial charge in [0.05, 0.1) is 34.9 Å². The highest BCUT2D eigenvalue weighted by Crippen LogP contribution is 2.31. The summed E-state index contributed by atoms with van der Waals surface area (Å²) in [5.74, 6) is -2.30. The summed E-state index contributed by atoms with van der Waals surface area (Å²) in [5.41, 5.74) is -0.176. The highest BCUT2D eigenvalue weighted by molar-refractivity contribution is 5.72. The van der Waals surface area contributed by atoms with Crippen molar-refractivity contribution < 1.29 is 43.2 Å². The molecule has 0 amide bonds. The van der Waals surface area contributed by atoms with Crippen LogP contribution in [0.1, 0.15) is 38.8 Å². The number of benzene rings is 2. The number of carbonyl (C=O) groups is 3. The van der Waals surface area contributed by atoms with Crippen LogP contribution in [0, 0.1) is 32.1 Å². The number of hydrogen-bond donors (Lipinski definition) is 0. The summed E-state index contributed by atoms with van der Waals surface area (Å²) in [4.78, 5) is 56.9. The topological polar surface area (TPSA) is 174 Å². The Morgan fingerprint density at radius 1 is 0.711 bits per heavy atom. The average molecular weight is 533 g/mol. The van der Waals surface area contributed by atoms with E-state index < -0.39 is 50.8 Å². The number of nitro benzene ring substituents is 2. The highest BCUT2D eigenvalue weighted by atomic mass is 16.7. The molecule has 0 aromatic heterocycles. The smallest absolute Gasteiger partial charge is 0.465 e. The molecule has 204 valence electrons. The molecule has 0 heterocycles. The van der Waals surface area contributed by atoms with Gasteiger partial charge in [-0.1, -0.05) is 39.8 Å². The first-order valence-corrected chi connectivity index (χ1v) is 11.7. The summed E-state index contributed by atoms with van der Waals surface area (Å²) < 4.78 is 20.0. The first-order chi connectivity index (χ1) is 17.9. The molecule has 13 nitrogen and oxygen atoms in total. The molecular formula is C25H28N2O11. The lowest BCUT2D eigenvalue weighted by Crippen LogP contribution is -2.16. The fourth-order valence-corrected chi connectivity index (χ4v) is 2.97. The summed E-state index contributed by atoms with van der Waals surface area (Å²) in [6, 6.07) is 7.57. The zero-order valence-electron chi connectivity index (χ0n) is 21.3. The predicted molar refractivity (Wildman–Crippen MR) is 132 cm³/mol. The third-order valence-electron chi connectivity index (χ3n) is 5.04. The molecule has 0 spiro atoms. The van der Waals surface area contributed by atoms with Crippen molar-refractivity contribution in [3.05, 3.63) is 67.8 Å². The first-order valence-electron chi connectivity index (χ1n) is 11.7. The Labute approximate surface area is 217 Å². The zero-order valence-corrected chi connectivity index (χ0v) is 21.3. The minimum Gasteiger partial charge on any atom is -0.465 e. The lowest BCUT2D eigenvalue weighted by Gasteiger charge is -2.10. The highest BCUT2D eigenvalue weighted by Gasteiger charge is 2.24. The monoisotopic (exact) mass is 532 g/mol. The molecule has 0 bridgehead atoms. The van der Waals surface area contributed by atoms with Crippen LogP contribution >= 0.6 is 0 Å². The Morgan fingerprint density at radius 3 is 1.39 bits per heavy atom. The number of rotatable bonds is 12. The quantitative estimate of drug-likeness (QED) is 0.162. The molecule has 13 heteroatoms. The van der Waals surface area contributed by atoms with Crippen molar-refractivity contribution in [2.45, 2.75) is 40.5 Å². The summed E-state index contributed by atoms with van der Waals surface area (Å²) in [7, 11) is 0. The molecule has 2 rings (SSSR count). The molecule has 0 saturated heterocycles. The Balaban J connectivity index is 2.09. The van der Waals surface area contributed by atoms with Crippen LogP contribution in [0.5, 0.6) is 11.5 Å². The summed E-state index contributed by atoms with van der Waals surface area (Å²) >= 11 is 0. The number of nitro groups is 2.